The Morgan fingerprint density at radius 1 is 1.16 bits per heavy atom. The normalized spacial score (nSPS) is 17.1. The molecule has 2 heterocycles. The summed E-state index contributed by atoms with van der Waals surface area (Å²) in [7, 11) is 0. The molecule has 6 heteroatoms. The maximum Gasteiger partial charge on any atom is 0.326 e. The first-order valence-electron chi connectivity index (χ1n) is 8.32. The van der Waals surface area contributed by atoms with Crippen molar-refractivity contribution >= 4 is 11.9 Å². The molecule has 1 aromatic carbocycles. The Labute approximate surface area is 146 Å². The van der Waals surface area contributed by atoms with Gasteiger partial charge in [-0.2, -0.15) is 0 Å². The Bertz CT molecular complexity index is 731. The number of pyridine rings is 1. The van der Waals surface area contributed by atoms with Gasteiger partial charge in [0.1, 0.15) is 12.6 Å². The largest absolute Gasteiger partial charge is 0.480 e. The number of carboxylic acids is 1. The molecular formula is C19H20N2O4. The van der Waals surface area contributed by atoms with Crippen LogP contribution in [0.4, 0.5) is 0 Å². The van der Waals surface area contributed by atoms with E-state index in [0.717, 1.165) is 18.4 Å². The monoisotopic (exact) mass is 340 g/mol. The fourth-order valence-electron chi connectivity index (χ4n) is 2.92. The molecule has 1 unspecified atom stereocenters. The zero-order chi connectivity index (χ0) is 17.6. The summed E-state index contributed by atoms with van der Waals surface area (Å²) in [4.78, 5) is 29.5. The van der Waals surface area contributed by atoms with Crippen LogP contribution < -0.4 is 4.74 Å². The van der Waals surface area contributed by atoms with E-state index in [-0.39, 0.29) is 5.91 Å². The number of likely N-dealkylation sites (tertiary alicyclic amines) is 1. The number of ether oxygens (including phenoxy) is 1. The van der Waals surface area contributed by atoms with Crippen LogP contribution in [-0.4, -0.2) is 39.5 Å². The molecule has 6 nitrogen and oxygen atoms in total. The molecule has 0 saturated carbocycles. The van der Waals surface area contributed by atoms with E-state index in [1.807, 2.05) is 30.3 Å². The van der Waals surface area contributed by atoms with Crippen molar-refractivity contribution in [2.75, 3.05) is 6.54 Å². The third-order valence-electron chi connectivity index (χ3n) is 4.26. The molecule has 130 valence electrons. The average Bonchev–Trinajstić information content (AvgIpc) is 2.67. The van der Waals surface area contributed by atoms with Gasteiger partial charge >= 0.3 is 5.97 Å². The number of benzene rings is 1. The Kier molecular flexibility index (Phi) is 5.28. The summed E-state index contributed by atoms with van der Waals surface area (Å²) in [6.45, 7) is 0.858. The SMILES string of the molecule is O=C(O)C1CCCCN1C(=O)c1ccc(OCc2ccccc2)nc1. The Morgan fingerprint density at radius 3 is 2.64 bits per heavy atom. The summed E-state index contributed by atoms with van der Waals surface area (Å²) in [6.07, 6.45) is 3.58. The number of aliphatic carboxylic acids is 1. The molecule has 1 N–H and O–H groups in total. The molecule has 0 bridgehead atoms. The van der Waals surface area contributed by atoms with E-state index in [1.165, 1.54) is 11.1 Å². The standard InChI is InChI=1S/C19H20N2O4/c22-18(21-11-5-4-8-16(21)19(23)24)15-9-10-17(20-12-15)25-13-14-6-2-1-3-7-14/h1-3,6-7,9-10,12,16H,4-5,8,11,13H2,(H,23,24). The minimum Gasteiger partial charge on any atom is -0.480 e. The zero-order valence-electron chi connectivity index (χ0n) is 13.8. The predicted octanol–water partition coefficient (Wildman–Crippen LogP) is 2.74. The van der Waals surface area contributed by atoms with Crippen molar-refractivity contribution < 1.29 is 19.4 Å². The quantitative estimate of drug-likeness (QED) is 0.905. The minimum atomic E-state index is -0.955. The lowest BCUT2D eigenvalue weighted by atomic mass is 10.0. The molecule has 0 aliphatic carbocycles. The van der Waals surface area contributed by atoms with Crippen molar-refractivity contribution in [3.63, 3.8) is 0 Å². The van der Waals surface area contributed by atoms with E-state index < -0.39 is 12.0 Å². The molecule has 0 spiro atoms. The van der Waals surface area contributed by atoms with E-state index in [4.69, 9.17) is 4.74 Å². The van der Waals surface area contributed by atoms with Crippen molar-refractivity contribution in [1.29, 1.82) is 0 Å². The smallest absolute Gasteiger partial charge is 0.326 e. The summed E-state index contributed by atoms with van der Waals surface area (Å²) >= 11 is 0. The van der Waals surface area contributed by atoms with E-state index in [9.17, 15) is 14.7 Å². The van der Waals surface area contributed by atoms with E-state index in [1.54, 1.807) is 12.1 Å². The number of nitrogens with zero attached hydrogens (tertiary/aromatic N) is 2. The van der Waals surface area contributed by atoms with E-state index >= 15 is 0 Å². The highest BCUT2D eigenvalue weighted by Crippen LogP contribution is 2.20. The number of carbonyl (C=O) groups excluding carboxylic acids is 1. The number of aromatic nitrogens is 1. The van der Waals surface area contributed by atoms with Crippen molar-refractivity contribution in [3.05, 3.63) is 59.8 Å². The molecule has 1 saturated heterocycles. The predicted molar refractivity (Wildman–Crippen MR) is 91.3 cm³/mol. The van der Waals surface area contributed by atoms with Gasteiger partial charge < -0.3 is 14.7 Å². The molecule has 1 aromatic heterocycles. The van der Waals surface area contributed by atoms with Crippen LogP contribution in [0.25, 0.3) is 0 Å². The van der Waals surface area contributed by atoms with Gasteiger partial charge in [0.25, 0.3) is 5.91 Å². The maximum atomic E-state index is 12.6. The Morgan fingerprint density at radius 2 is 1.96 bits per heavy atom. The lowest BCUT2D eigenvalue weighted by molar-refractivity contribution is -0.143. The lowest BCUT2D eigenvalue weighted by Gasteiger charge is -2.32. The lowest BCUT2D eigenvalue weighted by Crippen LogP contribution is -2.48. The van der Waals surface area contributed by atoms with Gasteiger partial charge in [0.05, 0.1) is 5.56 Å². The van der Waals surface area contributed by atoms with Crippen LogP contribution in [0.1, 0.15) is 35.2 Å². The van der Waals surface area contributed by atoms with Crippen LogP contribution in [0.5, 0.6) is 5.88 Å². The van der Waals surface area contributed by atoms with Crippen molar-refractivity contribution in [3.8, 4) is 5.88 Å². The summed E-state index contributed by atoms with van der Waals surface area (Å²) in [5, 5.41) is 9.30. The minimum absolute atomic E-state index is 0.297. The molecule has 25 heavy (non-hydrogen) atoms. The Balaban J connectivity index is 1.65. The number of carboxylic acid groups (broad SMARTS) is 1. The van der Waals surface area contributed by atoms with Gasteiger partial charge in [0, 0.05) is 18.8 Å². The highest BCUT2D eigenvalue weighted by Gasteiger charge is 2.32. The molecular weight excluding hydrogens is 320 g/mol. The van der Waals surface area contributed by atoms with Crippen molar-refractivity contribution in [1.82, 2.24) is 9.88 Å². The van der Waals surface area contributed by atoms with Crippen molar-refractivity contribution in [2.45, 2.75) is 31.9 Å². The number of piperidine rings is 1. The first kappa shape index (κ1) is 17.0. The molecule has 3 rings (SSSR count). The molecule has 1 aliphatic rings. The highest BCUT2D eigenvalue weighted by molar-refractivity contribution is 5.96. The maximum absolute atomic E-state index is 12.6. The van der Waals surface area contributed by atoms with Gasteiger partial charge in [-0.05, 0) is 30.9 Å². The zero-order valence-corrected chi connectivity index (χ0v) is 13.8. The number of amides is 1. The summed E-state index contributed by atoms with van der Waals surface area (Å²) in [5.74, 6) is -0.827. The fraction of sp³-hybridized carbons (Fsp3) is 0.316. The first-order valence-corrected chi connectivity index (χ1v) is 8.32. The third-order valence-corrected chi connectivity index (χ3v) is 4.26. The molecule has 1 aliphatic heterocycles. The first-order chi connectivity index (χ1) is 12.1. The number of rotatable bonds is 5. The van der Waals surface area contributed by atoms with Crippen LogP contribution in [0.3, 0.4) is 0 Å². The van der Waals surface area contributed by atoms with Crippen LogP contribution in [0.15, 0.2) is 48.7 Å². The Hall–Kier alpha value is -2.89. The molecule has 2 aromatic rings. The second-order valence-corrected chi connectivity index (χ2v) is 6.01. The number of hydrogen-bond acceptors (Lipinski definition) is 4. The van der Waals surface area contributed by atoms with Gasteiger partial charge in [-0.1, -0.05) is 30.3 Å². The van der Waals surface area contributed by atoms with Gasteiger partial charge in [0.2, 0.25) is 5.88 Å². The van der Waals surface area contributed by atoms with Crippen LogP contribution in [0, 0.1) is 0 Å². The second kappa shape index (κ2) is 7.79. The fourth-order valence-corrected chi connectivity index (χ4v) is 2.92. The topological polar surface area (TPSA) is 79.7 Å². The van der Waals surface area contributed by atoms with Gasteiger partial charge in [0.15, 0.2) is 0 Å². The summed E-state index contributed by atoms with van der Waals surface area (Å²) in [6, 6.07) is 12.2. The van der Waals surface area contributed by atoms with Gasteiger partial charge in [-0.3, -0.25) is 4.79 Å². The van der Waals surface area contributed by atoms with Crippen LogP contribution >= 0.6 is 0 Å². The second-order valence-electron chi connectivity index (χ2n) is 6.01. The number of carbonyl (C=O) groups is 2. The van der Waals surface area contributed by atoms with Gasteiger partial charge in [-0.25, -0.2) is 9.78 Å². The van der Waals surface area contributed by atoms with Crippen molar-refractivity contribution in [2.24, 2.45) is 0 Å². The highest BCUT2D eigenvalue weighted by atomic mass is 16.5. The number of hydrogen-bond donors (Lipinski definition) is 1. The van der Waals surface area contributed by atoms with Gasteiger partial charge in [-0.15, -0.1) is 0 Å². The van der Waals surface area contributed by atoms with E-state index in [0.29, 0.717) is 31.0 Å². The van der Waals surface area contributed by atoms with Crippen LogP contribution in [-0.2, 0) is 11.4 Å². The molecule has 1 amide bonds. The summed E-state index contributed by atoms with van der Waals surface area (Å²) < 4.78 is 5.60. The molecule has 0 radical (unpaired) electrons. The molecule has 1 fully saturated rings. The van der Waals surface area contributed by atoms with Crippen LogP contribution in [0.2, 0.25) is 0 Å². The average molecular weight is 340 g/mol. The third kappa shape index (κ3) is 4.15. The summed E-state index contributed by atoms with van der Waals surface area (Å²) in [5.41, 5.74) is 1.40. The molecule has 1 atom stereocenters. The van der Waals surface area contributed by atoms with E-state index in [2.05, 4.69) is 4.98 Å².